The molecule has 0 fully saturated rings. The first kappa shape index (κ1) is 14.8. The Bertz CT molecular complexity index is 415. The van der Waals surface area contributed by atoms with Gasteiger partial charge in [0.05, 0.1) is 9.40 Å². The molecule has 100 valence electrons. The van der Waals surface area contributed by atoms with Gasteiger partial charge in [-0.2, -0.15) is 0 Å². The molecule has 0 radical (unpaired) electrons. The molecule has 0 aliphatic carbocycles. The van der Waals surface area contributed by atoms with Crippen LogP contribution in [0.3, 0.4) is 0 Å². The fourth-order valence-electron chi connectivity index (χ4n) is 1.62. The Hall–Kier alpha value is -1.21. The van der Waals surface area contributed by atoms with E-state index < -0.39 is 4.92 Å². The minimum Gasteiger partial charge on any atom is -0.396 e. The molecule has 0 saturated heterocycles. The van der Waals surface area contributed by atoms with Gasteiger partial charge in [0, 0.05) is 19.3 Å². The minimum atomic E-state index is -0.465. The van der Waals surface area contributed by atoms with Crippen LogP contribution < -0.4 is 5.32 Å². The van der Waals surface area contributed by atoms with Crippen LogP contribution in [0.4, 0.5) is 11.4 Å². The Morgan fingerprint density at radius 2 is 2.33 bits per heavy atom. The second kappa shape index (κ2) is 7.27. The van der Waals surface area contributed by atoms with Crippen molar-refractivity contribution < 1.29 is 10.0 Å². The molecule has 6 nitrogen and oxygen atoms in total. The number of hydrogen-bond acceptors (Lipinski definition) is 5. The highest BCUT2D eigenvalue weighted by Crippen LogP contribution is 2.31. The number of aromatic nitrogens is 1. The van der Waals surface area contributed by atoms with E-state index in [4.69, 9.17) is 5.11 Å². The van der Waals surface area contributed by atoms with Crippen molar-refractivity contribution in [2.24, 2.45) is 5.92 Å². The summed E-state index contributed by atoms with van der Waals surface area (Å²) in [5, 5.41) is 22.8. The van der Waals surface area contributed by atoms with Gasteiger partial charge in [-0.05, 0) is 28.3 Å². The lowest BCUT2D eigenvalue weighted by Gasteiger charge is -2.15. The van der Waals surface area contributed by atoms with Crippen LogP contribution in [-0.4, -0.2) is 28.2 Å². The molecule has 1 rings (SSSR count). The van der Waals surface area contributed by atoms with Gasteiger partial charge in [-0.15, -0.1) is 0 Å². The molecule has 1 aromatic heterocycles. The lowest BCUT2D eigenvalue weighted by atomic mass is 10.0. The van der Waals surface area contributed by atoms with Gasteiger partial charge in [-0.1, -0.05) is 13.3 Å². The number of pyridine rings is 1. The van der Waals surface area contributed by atoms with Crippen LogP contribution in [-0.2, 0) is 0 Å². The van der Waals surface area contributed by atoms with E-state index in [9.17, 15) is 10.1 Å². The van der Waals surface area contributed by atoms with Crippen LogP contribution in [0.2, 0.25) is 0 Å². The summed E-state index contributed by atoms with van der Waals surface area (Å²) >= 11 is 3.25. The topological polar surface area (TPSA) is 88.3 Å². The molecular formula is C11H16BrN3O3. The van der Waals surface area contributed by atoms with Crippen molar-refractivity contribution in [3.05, 3.63) is 27.0 Å². The van der Waals surface area contributed by atoms with Gasteiger partial charge in [0.2, 0.25) is 0 Å². The third-order valence-electron chi connectivity index (χ3n) is 2.76. The molecule has 0 aromatic carbocycles. The van der Waals surface area contributed by atoms with Crippen LogP contribution in [0.1, 0.15) is 19.8 Å². The van der Waals surface area contributed by atoms with Crippen molar-refractivity contribution in [3.63, 3.8) is 0 Å². The highest BCUT2D eigenvalue weighted by Gasteiger charge is 2.18. The van der Waals surface area contributed by atoms with Gasteiger partial charge in [-0.25, -0.2) is 0 Å². The van der Waals surface area contributed by atoms with Crippen molar-refractivity contribution in [3.8, 4) is 0 Å². The van der Waals surface area contributed by atoms with Crippen LogP contribution >= 0.6 is 15.9 Å². The predicted octanol–water partition coefficient (Wildman–Crippen LogP) is 2.57. The van der Waals surface area contributed by atoms with E-state index in [1.165, 1.54) is 12.4 Å². The summed E-state index contributed by atoms with van der Waals surface area (Å²) in [5.41, 5.74) is 0.384. The average Bonchev–Trinajstić information content (AvgIpc) is 2.35. The highest BCUT2D eigenvalue weighted by atomic mass is 79.9. The summed E-state index contributed by atoms with van der Waals surface area (Å²) in [4.78, 5) is 14.2. The standard InChI is InChI=1S/C11H16BrN3O3/c1-2-8(3-4-16)5-14-11-9(12)6-13-7-10(11)15(17)18/h6-8,16H,2-5H2,1H3,(H,13,14). The zero-order chi connectivity index (χ0) is 13.5. The zero-order valence-electron chi connectivity index (χ0n) is 10.1. The number of nitrogens with zero attached hydrogens (tertiary/aromatic N) is 2. The van der Waals surface area contributed by atoms with Gasteiger partial charge < -0.3 is 10.4 Å². The molecule has 2 N–H and O–H groups in total. The predicted molar refractivity (Wildman–Crippen MR) is 72.6 cm³/mol. The molecule has 0 aliphatic heterocycles. The van der Waals surface area contributed by atoms with E-state index in [0.29, 0.717) is 23.1 Å². The quantitative estimate of drug-likeness (QED) is 0.596. The van der Waals surface area contributed by atoms with Crippen molar-refractivity contribution >= 4 is 27.3 Å². The smallest absolute Gasteiger partial charge is 0.311 e. The van der Waals surface area contributed by atoms with Crippen molar-refractivity contribution in [1.82, 2.24) is 4.98 Å². The first-order chi connectivity index (χ1) is 8.60. The van der Waals surface area contributed by atoms with Crippen molar-refractivity contribution in [2.75, 3.05) is 18.5 Å². The number of hydrogen-bond donors (Lipinski definition) is 2. The molecule has 1 unspecified atom stereocenters. The molecule has 0 saturated carbocycles. The Labute approximate surface area is 114 Å². The summed E-state index contributed by atoms with van der Waals surface area (Å²) in [6, 6.07) is 0. The van der Waals surface area contributed by atoms with Crippen LogP contribution in [0, 0.1) is 16.0 Å². The number of nitrogens with one attached hydrogen (secondary N) is 1. The molecule has 0 bridgehead atoms. The fourth-order valence-corrected chi connectivity index (χ4v) is 2.08. The van der Waals surface area contributed by atoms with E-state index in [-0.39, 0.29) is 18.2 Å². The molecule has 0 aliphatic rings. The average molecular weight is 318 g/mol. The molecule has 0 amide bonds. The van der Waals surface area contributed by atoms with Crippen LogP contribution in [0.25, 0.3) is 0 Å². The molecule has 18 heavy (non-hydrogen) atoms. The van der Waals surface area contributed by atoms with Gasteiger partial charge in [0.25, 0.3) is 0 Å². The van der Waals surface area contributed by atoms with Crippen molar-refractivity contribution in [2.45, 2.75) is 19.8 Å². The summed E-state index contributed by atoms with van der Waals surface area (Å²) in [6.45, 7) is 2.73. The number of rotatable bonds is 7. The maximum atomic E-state index is 10.9. The number of aliphatic hydroxyl groups is 1. The molecule has 7 heteroatoms. The minimum absolute atomic E-state index is 0.0526. The molecule has 1 heterocycles. The second-order valence-electron chi connectivity index (χ2n) is 3.94. The SMILES string of the molecule is CCC(CCO)CNc1c(Br)cncc1[N+](=O)[O-]. The van der Waals surface area contributed by atoms with Gasteiger partial charge >= 0.3 is 5.69 Å². The van der Waals surface area contributed by atoms with Gasteiger partial charge in [0.1, 0.15) is 11.9 Å². The number of aliphatic hydroxyl groups excluding tert-OH is 1. The molecule has 1 aromatic rings. The van der Waals surface area contributed by atoms with E-state index in [0.717, 1.165) is 6.42 Å². The van der Waals surface area contributed by atoms with E-state index >= 15 is 0 Å². The maximum Gasteiger partial charge on any atom is 0.311 e. The third-order valence-corrected chi connectivity index (χ3v) is 3.36. The highest BCUT2D eigenvalue weighted by molar-refractivity contribution is 9.10. The number of halogens is 1. The maximum absolute atomic E-state index is 10.9. The Morgan fingerprint density at radius 1 is 1.61 bits per heavy atom. The van der Waals surface area contributed by atoms with Crippen LogP contribution in [0.15, 0.2) is 16.9 Å². The lowest BCUT2D eigenvalue weighted by Crippen LogP contribution is -2.16. The van der Waals surface area contributed by atoms with E-state index in [1.54, 1.807) is 0 Å². The Balaban J connectivity index is 2.80. The van der Waals surface area contributed by atoms with Gasteiger partial charge in [0.15, 0.2) is 0 Å². The van der Waals surface area contributed by atoms with E-state index in [2.05, 4.69) is 26.2 Å². The van der Waals surface area contributed by atoms with E-state index in [1.807, 2.05) is 6.92 Å². The normalized spacial score (nSPS) is 12.2. The Kier molecular flexibility index (Phi) is 6.00. The van der Waals surface area contributed by atoms with Gasteiger partial charge in [-0.3, -0.25) is 15.1 Å². The largest absolute Gasteiger partial charge is 0.396 e. The molecular weight excluding hydrogens is 302 g/mol. The van der Waals surface area contributed by atoms with Crippen molar-refractivity contribution in [1.29, 1.82) is 0 Å². The lowest BCUT2D eigenvalue weighted by molar-refractivity contribution is -0.384. The Morgan fingerprint density at radius 3 is 2.89 bits per heavy atom. The monoisotopic (exact) mass is 317 g/mol. The number of anilines is 1. The van der Waals surface area contributed by atoms with Crippen LogP contribution in [0.5, 0.6) is 0 Å². The summed E-state index contributed by atoms with van der Waals surface area (Å²) < 4.78 is 0.565. The third kappa shape index (κ3) is 3.92. The number of nitro groups is 1. The summed E-state index contributed by atoms with van der Waals surface area (Å²) in [5.74, 6) is 0.287. The molecule has 0 spiro atoms. The second-order valence-corrected chi connectivity index (χ2v) is 4.79. The first-order valence-corrected chi connectivity index (χ1v) is 6.52. The zero-order valence-corrected chi connectivity index (χ0v) is 11.7. The summed E-state index contributed by atoms with van der Waals surface area (Å²) in [6.07, 6.45) is 4.33. The fraction of sp³-hybridized carbons (Fsp3) is 0.545. The summed E-state index contributed by atoms with van der Waals surface area (Å²) in [7, 11) is 0. The molecule has 1 atom stereocenters. The first-order valence-electron chi connectivity index (χ1n) is 5.72.